The zero-order chi connectivity index (χ0) is 23.5. The fourth-order valence-corrected chi connectivity index (χ4v) is 3.91. The van der Waals surface area contributed by atoms with Crippen molar-refractivity contribution in [3.63, 3.8) is 0 Å². The van der Waals surface area contributed by atoms with Crippen LogP contribution in [0, 0.1) is 6.92 Å². The minimum Gasteiger partial charge on any atom is -0.504 e. The molecular formula is C27H23NO5. The molecule has 4 rings (SSSR count). The van der Waals surface area contributed by atoms with Gasteiger partial charge in [-0.25, -0.2) is 0 Å². The zero-order valence-corrected chi connectivity index (χ0v) is 18.2. The van der Waals surface area contributed by atoms with E-state index in [2.05, 4.69) is 0 Å². The second-order valence-electron chi connectivity index (χ2n) is 7.72. The highest BCUT2D eigenvalue weighted by molar-refractivity contribution is 6.19. The van der Waals surface area contributed by atoms with E-state index < -0.39 is 23.5 Å². The molecule has 1 amide bonds. The van der Waals surface area contributed by atoms with Crippen LogP contribution in [0.25, 0.3) is 6.08 Å². The number of carbonyl (C=O) groups excluding carboxylic acids is 2. The van der Waals surface area contributed by atoms with Crippen molar-refractivity contribution >= 4 is 23.5 Å². The van der Waals surface area contributed by atoms with Crippen LogP contribution in [-0.4, -0.2) is 29.0 Å². The van der Waals surface area contributed by atoms with Gasteiger partial charge in [0, 0.05) is 5.69 Å². The van der Waals surface area contributed by atoms with Crippen molar-refractivity contribution in [3.05, 3.63) is 107 Å². The summed E-state index contributed by atoms with van der Waals surface area (Å²) in [4.78, 5) is 27.8. The molecule has 2 N–H and O–H groups in total. The zero-order valence-electron chi connectivity index (χ0n) is 18.2. The third-order valence-corrected chi connectivity index (χ3v) is 5.50. The topological polar surface area (TPSA) is 87.1 Å². The number of aliphatic hydroxyl groups is 1. The molecule has 1 heterocycles. The number of hydrogen-bond acceptors (Lipinski definition) is 5. The summed E-state index contributed by atoms with van der Waals surface area (Å²) in [6.45, 7) is 1.89. The van der Waals surface area contributed by atoms with E-state index in [0.717, 1.165) is 11.1 Å². The van der Waals surface area contributed by atoms with E-state index in [0.29, 0.717) is 11.3 Å². The van der Waals surface area contributed by atoms with E-state index in [1.807, 2.05) is 49.4 Å². The number of ether oxygens (including phenoxy) is 1. The number of aryl methyl sites for hydroxylation is 1. The summed E-state index contributed by atoms with van der Waals surface area (Å²) < 4.78 is 5.23. The molecule has 6 heteroatoms. The predicted octanol–water partition coefficient (Wildman–Crippen LogP) is 4.89. The first kappa shape index (κ1) is 21.9. The Bertz CT molecular complexity index is 1280. The van der Waals surface area contributed by atoms with Crippen LogP contribution in [0.1, 0.15) is 22.7 Å². The first-order valence-corrected chi connectivity index (χ1v) is 10.4. The Labute approximate surface area is 191 Å². The lowest BCUT2D eigenvalue weighted by molar-refractivity contribution is -0.117. The van der Waals surface area contributed by atoms with Crippen LogP contribution in [0.5, 0.6) is 11.5 Å². The fraction of sp³-hybridized carbons (Fsp3) is 0.111. The minimum absolute atomic E-state index is 0.0403. The van der Waals surface area contributed by atoms with Crippen LogP contribution in [0.4, 0.5) is 5.69 Å². The summed E-state index contributed by atoms with van der Waals surface area (Å²) in [5.41, 5.74) is 2.75. The summed E-state index contributed by atoms with van der Waals surface area (Å²) in [7, 11) is 1.42. The lowest BCUT2D eigenvalue weighted by Gasteiger charge is -2.27. The highest BCUT2D eigenvalue weighted by Crippen LogP contribution is 2.43. The average Bonchev–Trinajstić information content (AvgIpc) is 3.09. The molecule has 0 fully saturated rings. The van der Waals surface area contributed by atoms with Gasteiger partial charge in [0.1, 0.15) is 0 Å². The van der Waals surface area contributed by atoms with Crippen molar-refractivity contribution in [2.75, 3.05) is 12.0 Å². The number of ketones is 1. The number of allylic oxidation sites excluding steroid dienone is 1. The van der Waals surface area contributed by atoms with Crippen molar-refractivity contribution in [1.29, 1.82) is 0 Å². The van der Waals surface area contributed by atoms with E-state index in [-0.39, 0.29) is 17.1 Å². The number of phenolic OH excluding ortho intramolecular Hbond substituents is 1. The van der Waals surface area contributed by atoms with E-state index in [1.54, 1.807) is 30.3 Å². The Balaban J connectivity index is 1.83. The molecule has 0 unspecified atom stereocenters. The standard InChI is InChI=1S/C27H23NO5/c1-17-7-6-10-20(15-17)28-25(19-12-14-21(29)23(16-19)33-2)24(26(31)27(28)32)22(30)13-11-18-8-4-3-5-9-18/h3-16,25,29,31H,1-2H3/b13-11+/t25-/m1/s1. The number of amides is 1. The van der Waals surface area contributed by atoms with Crippen molar-refractivity contribution in [2.45, 2.75) is 13.0 Å². The quantitative estimate of drug-likeness (QED) is 0.532. The number of anilines is 1. The number of benzene rings is 3. The van der Waals surface area contributed by atoms with Crippen molar-refractivity contribution in [3.8, 4) is 11.5 Å². The van der Waals surface area contributed by atoms with E-state index in [1.165, 1.54) is 24.2 Å². The van der Waals surface area contributed by atoms with Gasteiger partial charge < -0.3 is 14.9 Å². The Morgan fingerprint density at radius 3 is 2.45 bits per heavy atom. The van der Waals surface area contributed by atoms with Gasteiger partial charge in [-0.05, 0) is 54.0 Å². The monoisotopic (exact) mass is 441 g/mol. The molecule has 166 valence electrons. The Kier molecular flexibility index (Phi) is 6.00. The fourth-order valence-electron chi connectivity index (χ4n) is 3.91. The van der Waals surface area contributed by atoms with Crippen LogP contribution in [-0.2, 0) is 9.59 Å². The van der Waals surface area contributed by atoms with E-state index >= 15 is 0 Å². The summed E-state index contributed by atoms with van der Waals surface area (Å²) >= 11 is 0. The summed E-state index contributed by atoms with van der Waals surface area (Å²) in [5.74, 6) is -1.64. The SMILES string of the molecule is COc1cc([C@@H]2C(C(=O)/C=C/c3ccccc3)=C(O)C(=O)N2c2cccc(C)c2)ccc1O. The molecule has 3 aromatic carbocycles. The van der Waals surface area contributed by atoms with Gasteiger partial charge in [-0.2, -0.15) is 0 Å². The van der Waals surface area contributed by atoms with Gasteiger partial charge in [-0.1, -0.05) is 54.6 Å². The molecule has 0 aliphatic carbocycles. The van der Waals surface area contributed by atoms with Gasteiger partial charge in [0.25, 0.3) is 5.91 Å². The summed E-state index contributed by atoms with van der Waals surface area (Å²) in [5, 5.41) is 20.8. The van der Waals surface area contributed by atoms with Crippen LogP contribution in [0.3, 0.4) is 0 Å². The molecule has 6 nitrogen and oxygen atoms in total. The molecular weight excluding hydrogens is 418 g/mol. The highest BCUT2D eigenvalue weighted by atomic mass is 16.5. The van der Waals surface area contributed by atoms with Crippen molar-refractivity contribution < 1.29 is 24.5 Å². The van der Waals surface area contributed by atoms with Crippen LogP contribution in [0.15, 0.2) is 90.2 Å². The molecule has 0 spiro atoms. The molecule has 33 heavy (non-hydrogen) atoms. The van der Waals surface area contributed by atoms with Crippen LogP contribution < -0.4 is 9.64 Å². The highest BCUT2D eigenvalue weighted by Gasteiger charge is 2.44. The van der Waals surface area contributed by atoms with E-state index in [4.69, 9.17) is 4.74 Å². The maximum absolute atomic E-state index is 13.3. The minimum atomic E-state index is -0.901. The molecule has 3 aromatic rings. The largest absolute Gasteiger partial charge is 0.504 e. The molecule has 0 bridgehead atoms. The number of aromatic hydroxyl groups is 1. The molecule has 0 saturated carbocycles. The van der Waals surface area contributed by atoms with Gasteiger partial charge >= 0.3 is 0 Å². The summed E-state index contributed by atoms with van der Waals surface area (Å²) in [6.07, 6.45) is 2.98. The number of carbonyl (C=O) groups is 2. The number of methoxy groups -OCH3 is 1. The average molecular weight is 441 g/mol. The van der Waals surface area contributed by atoms with Crippen molar-refractivity contribution in [2.24, 2.45) is 0 Å². The second-order valence-corrected chi connectivity index (χ2v) is 7.72. The first-order valence-electron chi connectivity index (χ1n) is 10.4. The summed E-state index contributed by atoms with van der Waals surface area (Å²) in [6, 6.07) is 20.2. The molecule has 0 aromatic heterocycles. The number of hydrogen-bond donors (Lipinski definition) is 2. The Hall–Kier alpha value is -4.32. The molecule has 1 aliphatic rings. The molecule has 0 radical (unpaired) electrons. The van der Waals surface area contributed by atoms with E-state index in [9.17, 15) is 19.8 Å². The lowest BCUT2D eigenvalue weighted by Crippen LogP contribution is -2.31. The van der Waals surface area contributed by atoms with Crippen LogP contribution in [0.2, 0.25) is 0 Å². The predicted molar refractivity (Wildman–Crippen MR) is 126 cm³/mol. The second kappa shape index (κ2) is 9.04. The van der Waals surface area contributed by atoms with Gasteiger partial charge in [-0.15, -0.1) is 0 Å². The smallest absolute Gasteiger partial charge is 0.294 e. The molecule has 0 saturated heterocycles. The van der Waals surface area contributed by atoms with Gasteiger partial charge in [-0.3, -0.25) is 14.5 Å². The van der Waals surface area contributed by atoms with Gasteiger partial charge in [0.2, 0.25) is 0 Å². The number of phenols is 1. The first-order chi connectivity index (χ1) is 15.9. The van der Waals surface area contributed by atoms with Crippen molar-refractivity contribution in [1.82, 2.24) is 0 Å². The molecule has 1 atom stereocenters. The Morgan fingerprint density at radius 1 is 1.00 bits per heavy atom. The number of nitrogens with zero attached hydrogens (tertiary/aromatic N) is 1. The normalized spacial score (nSPS) is 16.0. The van der Waals surface area contributed by atoms with Crippen LogP contribution >= 0.6 is 0 Å². The maximum atomic E-state index is 13.3. The Morgan fingerprint density at radius 2 is 1.76 bits per heavy atom. The third kappa shape index (κ3) is 4.23. The molecule has 1 aliphatic heterocycles. The maximum Gasteiger partial charge on any atom is 0.294 e. The van der Waals surface area contributed by atoms with Gasteiger partial charge in [0.15, 0.2) is 23.0 Å². The third-order valence-electron chi connectivity index (χ3n) is 5.50. The lowest BCUT2D eigenvalue weighted by atomic mass is 9.94. The number of rotatable bonds is 6. The number of aliphatic hydroxyl groups excluding tert-OH is 1. The van der Waals surface area contributed by atoms with Gasteiger partial charge in [0.05, 0.1) is 18.7 Å².